The van der Waals surface area contributed by atoms with Crippen molar-refractivity contribution in [2.24, 2.45) is 11.3 Å². The first-order valence-electron chi connectivity index (χ1n) is 9.94. The van der Waals surface area contributed by atoms with E-state index in [1.807, 2.05) is 20.8 Å². The largest absolute Gasteiger partial charge is 0.486 e. The number of nitrogens with zero attached hydrogens (tertiary/aromatic N) is 1. The molecule has 1 aromatic carbocycles. The van der Waals surface area contributed by atoms with E-state index < -0.39 is 16.1 Å². The maximum absolute atomic E-state index is 13.0. The summed E-state index contributed by atoms with van der Waals surface area (Å²) >= 11 is 0. The van der Waals surface area contributed by atoms with Crippen LogP contribution in [0, 0.1) is 11.3 Å². The van der Waals surface area contributed by atoms with Gasteiger partial charge in [-0.05, 0) is 30.4 Å². The quantitative estimate of drug-likeness (QED) is 0.737. The number of sulfonamides is 1. The molecule has 0 spiro atoms. The monoisotopic (exact) mass is 426 g/mol. The summed E-state index contributed by atoms with van der Waals surface area (Å²) < 4.78 is 38.3. The van der Waals surface area contributed by atoms with Gasteiger partial charge in [0.05, 0.1) is 11.0 Å². The summed E-state index contributed by atoms with van der Waals surface area (Å²) in [6.45, 7) is 7.30. The van der Waals surface area contributed by atoms with E-state index in [0.717, 1.165) is 0 Å². The number of carbonyl (C=O) groups excluding carboxylic acids is 1. The number of aliphatic hydroxyl groups excluding tert-OH is 1. The highest BCUT2D eigenvalue weighted by Crippen LogP contribution is 2.34. The van der Waals surface area contributed by atoms with Gasteiger partial charge in [-0.3, -0.25) is 4.79 Å². The van der Waals surface area contributed by atoms with Crippen molar-refractivity contribution < 1.29 is 27.8 Å². The Balaban J connectivity index is 1.58. The zero-order chi connectivity index (χ0) is 21.2. The lowest BCUT2D eigenvalue weighted by Gasteiger charge is -2.31. The van der Waals surface area contributed by atoms with E-state index in [1.54, 1.807) is 6.07 Å². The van der Waals surface area contributed by atoms with Gasteiger partial charge in [-0.15, -0.1) is 0 Å². The Morgan fingerprint density at radius 1 is 1.21 bits per heavy atom. The molecular formula is C20H30N2O6S. The van der Waals surface area contributed by atoms with Crippen LogP contribution in [0.25, 0.3) is 0 Å². The minimum atomic E-state index is -3.66. The second kappa shape index (κ2) is 8.49. The van der Waals surface area contributed by atoms with Crippen molar-refractivity contribution in [1.82, 2.24) is 9.62 Å². The third-order valence-corrected chi connectivity index (χ3v) is 7.34. The molecule has 2 aliphatic rings. The SMILES string of the molecule is CC(C)(C)[C@H](O)CNC(=O)C1CCN(S(=O)(=O)c2ccc3c(c2)OCCO3)CC1. The van der Waals surface area contributed by atoms with Crippen LogP contribution in [-0.4, -0.2) is 62.7 Å². The van der Waals surface area contributed by atoms with E-state index in [0.29, 0.717) is 37.6 Å². The summed E-state index contributed by atoms with van der Waals surface area (Å²) in [6, 6.07) is 4.63. The standard InChI is InChI=1S/C20H30N2O6S/c1-20(2,3)18(23)13-21-19(24)14-6-8-22(9-7-14)29(25,26)15-4-5-16-17(12-15)28-11-10-27-16/h4-5,12,14,18,23H,6-11,13H2,1-3H3,(H,21,24)/t18-/m1/s1. The van der Waals surface area contributed by atoms with Gasteiger partial charge in [0.1, 0.15) is 13.2 Å². The fraction of sp³-hybridized carbons (Fsp3) is 0.650. The minimum Gasteiger partial charge on any atom is -0.486 e. The van der Waals surface area contributed by atoms with Crippen LogP contribution >= 0.6 is 0 Å². The molecule has 2 aliphatic heterocycles. The zero-order valence-corrected chi connectivity index (χ0v) is 18.0. The number of amides is 1. The van der Waals surface area contributed by atoms with Crippen LogP contribution in [0.4, 0.5) is 0 Å². The molecule has 1 fully saturated rings. The first-order valence-corrected chi connectivity index (χ1v) is 11.4. The number of hydrogen-bond acceptors (Lipinski definition) is 6. The van der Waals surface area contributed by atoms with E-state index in [4.69, 9.17) is 9.47 Å². The van der Waals surface area contributed by atoms with E-state index >= 15 is 0 Å². The first-order chi connectivity index (χ1) is 13.6. The average molecular weight is 427 g/mol. The number of aliphatic hydroxyl groups is 1. The molecule has 0 bridgehead atoms. The van der Waals surface area contributed by atoms with Crippen LogP contribution in [0.1, 0.15) is 33.6 Å². The summed E-state index contributed by atoms with van der Waals surface area (Å²) in [5, 5.41) is 12.9. The topological polar surface area (TPSA) is 105 Å². The minimum absolute atomic E-state index is 0.135. The van der Waals surface area contributed by atoms with Crippen LogP contribution in [0.2, 0.25) is 0 Å². The van der Waals surface area contributed by atoms with Crippen LogP contribution < -0.4 is 14.8 Å². The molecule has 162 valence electrons. The molecule has 2 heterocycles. The number of piperidine rings is 1. The third-order valence-electron chi connectivity index (χ3n) is 5.45. The smallest absolute Gasteiger partial charge is 0.243 e. The number of fused-ring (bicyclic) bond motifs is 1. The van der Waals surface area contributed by atoms with Gasteiger partial charge in [-0.25, -0.2) is 8.42 Å². The Morgan fingerprint density at radius 3 is 2.45 bits per heavy atom. The number of benzene rings is 1. The number of carbonyl (C=O) groups is 1. The van der Waals surface area contributed by atoms with Crippen molar-refractivity contribution >= 4 is 15.9 Å². The molecule has 9 heteroatoms. The van der Waals surface area contributed by atoms with Gasteiger partial charge in [0, 0.05) is 31.6 Å². The predicted octanol–water partition coefficient (Wildman–Crippen LogP) is 1.38. The molecule has 0 unspecified atom stereocenters. The van der Waals surface area contributed by atoms with Crippen LogP contribution in [0.3, 0.4) is 0 Å². The van der Waals surface area contributed by atoms with Crippen molar-refractivity contribution in [2.45, 2.75) is 44.6 Å². The lowest BCUT2D eigenvalue weighted by atomic mass is 9.89. The van der Waals surface area contributed by atoms with Gasteiger partial charge in [-0.1, -0.05) is 20.8 Å². The van der Waals surface area contributed by atoms with Crippen molar-refractivity contribution in [3.8, 4) is 11.5 Å². The van der Waals surface area contributed by atoms with Gasteiger partial charge >= 0.3 is 0 Å². The Hall–Kier alpha value is -1.84. The number of rotatable bonds is 5. The Kier molecular flexibility index (Phi) is 6.40. The zero-order valence-electron chi connectivity index (χ0n) is 17.2. The van der Waals surface area contributed by atoms with Crippen LogP contribution in [0.5, 0.6) is 11.5 Å². The van der Waals surface area contributed by atoms with Gasteiger partial charge in [0.25, 0.3) is 0 Å². The Morgan fingerprint density at radius 2 is 1.83 bits per heavy atom. The second-order valence-corrected chi connectivity index (χ2v) is 10.5. The van der Waals surface area contributed by atoms with Gasteiger partial charge in [-0.2, -0.15) is 4.31 Å². The van der Waals surface area contributed by atoms with E-state index in [9.17, 15) is 18.3 Å². The summed E-state index contributed by atoms with van der Waals surface area (Å²) in [5.41, 5.74) is -0.311. The predicted molar refractivity (Wildman–Crippen MR) is 107 cm³/mol. The molecule has 0 aliphatic carbocycles. The summed E-state index contributed by atoms with van der Waals surface area (Å²) in [6.07, 6.45) is 0.254. The summed E-state index contributed by atoms with van der Waals surface area (Å²) in [7, 11) is -3.66. The Labute approximate surface area is 172 Å². The van der Waals surface area contributed by atoms with Gasteiger partial charge in [0.15, 0.2) is 11.5 Å². The molecular weight excluding hydrogens is 396 g/mol. The first kappa shape index (κ1) is 21.9. The normalized spacial score (nSPS) is 19.6. The maximum atomic E-state index is 13.0. The summed E-state index contributed by atoms with van der Waals surface area (Å²) in [5.74, 6) is 0.589. The lowest BCUT2D eigenvalue weighted by Crippen LogP contribution is -2.45. The van der Waals surface area contributed by atoms with E-state index in [2.05, 4.69) is 5.32 Å². The van der Waals surface area contributed by atoms with E-state index in [-0.39, 0.29) is 41.8 Å². The number of ether oxygens (including phenoxy) is 2. The van der Waals surface area contributed by atoms with Crippen LogP contribution in [0.15, 0.2) is 23.1 Å². The molecule has 0 aromatic heterocycles. The van der Waals surface area contributed by atoms with Crippen molar-refractivity contribution in [3.63, 3.8) is 0 Å². The fourth-order valence-corrected chi connectivity index (χ4v) is 4.82. The molecule has 2 N–H and O–H groups in total. The summed E-state index contributed by atoms with van der Waals surface area (Å²) in [4.78, 5) is 12.6. The second-order valence-electron chi connectivity index (χ2n) is 8.61. The molecule has 29 heavy (non-hydrogen) atoms. The number of nitrogens with one attached hydrogen (secondary N) is 1. The van der Waals surface area contributed by atoms with Crippen molar-refractivity contribution in [2.75, 3.05) is 32.8 Å². The fourth-order valence-electron chi connectivity index (χ4n) is 3.34. The molecule has 1 saturated heterocycles. The van der Waals surface area contributed by atoms with Crippen molar-refractivity contribution in [1.29, 1.82) is 0 Å². The van der Waals surface area contributed by atoms with E-state index in [1.165, 1.54) is 16.4 Å². The highest BCUT2D eigenvalue weighted by Gasteiger charge is 2.33. The van der Waals surface area contributed by atoms with Crippen LogP contribution in [-0.2, 0) is 14.8 Å². The molecule has 1 atom stereocenters. The molecule has 3 rings (SSSR count). The molecule has 8 nitrogen and oxygen atoms in total. The van der Waals surface area contributed by atoms with Crippen molar-refractivity contribution in [3.05, 3.63) is 18.2 Å². The van der Waals surface area contributed by atoms with Gasteiger partial charge < -0.3 is 19.9 Å². The highest BCUT2D eigenvalue weighted by atomic mass is 32.2. The lowest BCUT2D eigenvalue weighted by molar-refractivity contribution is -0.126. The Bertz CT molecular complexity index is 841. The number of hydrogen-bond donors (Lipinski definition) is 2. The third kappa shape index (κ3) is 5.02. The molecule has 1 amide bonds. The average Bonchev–Trinajstić information content (AvgIpc) is 2.70. The molecule has 1 aromatic rings. The van der Waals surface area contributed by atoms with Gasteiger partial charge in [0.2, 0.25) is 15.9 Å². The molecule has 0 radical (unpaired) electrons. The highest BCUT2D eigenvalue weighted by molar-refractivity contribution is 7.89. The molecule has 0 saturated carbocycles. The maximum Gasteiger partial charge on any atom is 0.243 e.